The Bertz CT molecular complexity index is 532. The van der Waals surface area contributed by atoms with Crippen LogP contribution in [0.15, 0.2) is 12.2 Å². The van der Waals surface area contributed by atoms with E-state index in [0.29, 0.717) is 12.8 Å². The highest BCUT2D eigenvalue weighted by atomic mass is 16.6. The Morgan fingerprint density at radius 2 is 1.88 bits per heavy atom. The van der Waals surface area contributed by atoms with E-state index in [1.165, 1.54) is 0 Å². The number of hydrogen-bond acceptors (Lipinski definition) is 5. The number of cyclic esters (lactones) is 1. The van der Waals surface area contributed by atoms with Crippen LogP contribution in [0.2, 0.25) is 0 Å². The van der Waals surface area contributed by atoms with E-state index in [0.717, 1.165) is 10.5 Å². The molecule has 1 aliphatic heterocycles. The van der Waals surface area contributed by atoms with E-state index >= 15 is 0 Å². The molecule has 25 heavy (non-hydrogen) atoms. The van der Waals surface area contributed by atoms with Crippen LogP contribution >= 0.6 is 0 Å². The maximum Gasteiger partial charge on any atom is 0.416 e. The molecule has 0 aromatic rings. The van der Waals surface area contributed by atoms with Crippen LogP contribution in [-0.2, 0) is 19.1 Å². The van der Waals surface area contributed by atoms with Gasteiger partial charge in [-0.2, -0.15) is 0 Å². The van der Waals surface area contributed by atoms with Crippen LogP contribution in [0.3, 0.4) is 0 Å². The minimum atomic E-state index is -0.680. The van der Waals surface area contributed by atoms with Gasteiger partial charge in [0.05, 0.1) is 18.4 Å². The number of nitrogens with zero attached hydrogens (tertiary/aromatic N) is 1. The molecule has 0 unspecified atom stereocenters. The van der Waals surface area contributed by atoms with E-state index in [9.17, 15) is 14.4 Å². The Labute approximate surface area is 150 Å². The van der Waals surface area contributed by atoms with Gasteiger partial charge in [0.1, 0.15) is 12.2 Å². The van der Waals surface area contributed by atoms with Crippen molar-refractivity contribution in [3.8, 4) is 0 Å². The Morgan fingerprint density at radius 3 is 2.28 bits per heavy atom. The summed E-state index contributed by atoms with van der Waals surface area (Å²) in [7, 11) is 0. The van der Waals surface area contributed by atoms with Crippen molar-refractivity contribution in [3.05, 3.63) is 12.2 Å². The summed E-state index contributed by atoms with van der Waals surface area (Å²) in [6.07, 6.45) is 0.185. The molecular weight excluding hydrogens is 322 g/mol. The van der Waals surface area contributed by atoms with Gasteiger partial charge in [0.2, 0.25) is 5.91 Å². The van der Waals surface area contributed by atoms with Crippen LogP contribution in [0.25, 0.3) is 0 Å². The lowest BCUT2D eigenvalue weighted by Crippen LogP contribution is -2.43. The van der Waals surface area contributed by atoms with Gasteiger partial charge in [-0.25, -0.2) is 9.69 Å². The van der Waals surface area contributed by atoms with Crippen molar-refractivity contribution in [2.45, 2.75) is 60.0 Å². The molecule has 0 aromatic carbocycles. The lowest BCUT2D eigenvalue weighted by Gasteiger charge is -2.31. The van der Waals surface area contributed by atoms with Gasteiger partial charge in [-0.3, -0.25) is 9.59 Å². The Hall–Kier alpha value is -1.85. The predicted octanol–water partition coefficient (Wildman–Crippen LogP) is 3.55. The average molecular weight is 353 g/mol. The number of ether oxygens (including phenoxy) is 2. The van der Waals surface area contributed by atoms with Crippen molar-refractivity contribution in [2.24, 2.45) is 17.8 Å². The summed E-state index contributed by atoms with van der Waals surface area (Å²) < 4.78 is 10.4. The monoisotopic (exact) mass is 353 g/mol. The average Bonchev–Trinajstić information content (AvgIpc) is 2.85. The molecule has 142 valence electrons. The largest absolute Gasteiger partial charge is 0.460 e. The molecule has 0 N–H and O–H groups in total. The molecule has 1 rings (SSSR count). The number of imide groups is 1. The molecule has 0 aliphatic carbocycles. The van der Waals surface area contributed by atoms with Gasteiger partial charge in [0.25, 0.3) is 0 Å². The van der Waals surface area contributed by atoms with Crippen molar-refractivity contribution in [1.29, 1.82) is 0 Å². The number of carbonyl (C=O) groups is 3. The first-order chi connectivity index (χ1) is 11.4. The molecule has 6 nitrogen and oxygen atoms in total. The number of rotatable bonds is 7. The van der Waals surface area contributed by atoms with Gasteiger partial charge in [0, 0.05) is 0 Å². The molecule has 2 atom stereocenters. The topological polar surface area (TPSA) is 72.9 Å². The third-order valence-corrected chi connectivity index (χ3v) is 3.83. The van der Waals surface area contributed by atoms with Crippen molar-refractivity contribution in [3.63, 3.8) is 0 Å². The summed E-state index contributed by atoms with van der Waals surface area (Å²) >= 11 is 0. The van der Waals surface area contributed by atoms with Crippen molar-refractivity contribution in [1.82, 2.24) is 4.90 Å². The summed E-state index contributed by atoms with van der Waals surface area (Å²) in [6.45, 7) is 15.5. The molecule has 6 heteroatoms. The number of allylic oxidation sites excluding steroid dienone is 1. The van der Waals surface area contributed by atoms with Crippen LogP contribution in [-0.4, -0.2) is 41.6 Å². The number of amides is 2. The van der Waals surface area contributed by atoms with Gasteiger partial charge in [0.15, 0.2) is 0 Å². The van der Waals surface area contributed by atoms with Gasteiger partial charge >= 0.3 is 12.1 Å². The highest BCUT2D eigenvalue weighted by molar-refractivity contribution is 5.96. The third-order valence-electron chi connectivity index (χ3n) is 3.83. The van der Waals surface area contributed by atoms with Crippen LogP contribution in [0, 0.1) is 17.8 Å². The number of esters is 1. The van der Waals surface area contributed by atoms with E-state index in [2.05, 4.69) is 6.58 Å². The normalized spacial score (nSPS) is 17.2. The zero-order chi connectivity index (χ0) is 19.4. The lowest BCUT2D eigenvalue weighted by atomic mass is 9.81. The Morgan fingerprint density at radius 1 is 1.28 bits per heavy atom. The minimum Gasteiger partial charge on any atom is -0.460 e. The van der Waals surface area contributed by atoms with Gasteiger partial charge < -0.3 is 9.47 Å². The fourth-order valence-corrected chi connectivity index (χ4v) is 2.88. The molecule has 1 fully saturated rings. The van der Waals surface area contributed by atoms with Crippen LogP contribution in [0.5, 0.6) is 0 Å². The quantitative estimate of drug-likeness (QED) is 0.517. The van der Waals surface area contributed by atoms with E-state index < -0.39 is 29.5 Å². The molecule has 1 aliphatic rings. The molecular formula is C19H31NO5. The van der Waals surface area contributed by atoms with E-state index in [1.54, 1.807) is 20.8 Å². The zero-order valence-corrected chi connectivity index (χ0v) is 16.3. The first kappa shape index (κ1) is 21.2. The minimum absolute atomic E-state index is 0.186. The molecule has 0 bridgehead atoms. The van der Waals surface area contributed by atoms with E-state index in [1.807, 2.05) is 20.8 Å². The highest BCUT2D eigenvalue weighted by Crippen LogP contribution is 2.31. The van der Waals surface area contributed by atoms with Crippen LogP contribution in [0.1, 0.15) is 54.4 Å². The second-order valence-corrected chi connectivity index (χ2v) is 8.14. The summed E-state index contributed by atoms with van der Waals surface area (Å²) in [5, 5.41) is 0. The van der Waals surface area contributed by atoms with E-state index in [4.69, 9.17) is 9.47 Å². The standard InChI is InChI=1S/C19H31NO5/c1-12(2)10-14(16(21)20-8-9-24-18(20)23)15(11-13(3)4)17(22)25-19(5,6)7/h13-15H,1,8-11H2,2-7H3/t14-,15+/m0/s1. The number of carbonyl (C=O) groups excluding carboxylic acids is 3. The van der Waals surface area contributed by atoms with Crippen LogP contribution in [0.4, 0.5) is 4.79 Å². The first-order valence-electron chi connectivity index (χ1n) is 8.77. The second-order valence-electron chi connectivity index (χ2n) is 8.14. The van der Waals surface area contributed by atoms with Crippen LogP contribution < -0.4 is 0 Å². The maximum atomic E-state index is 13.0. The highest BCUT2D eigenvalue weighted by Gasteiger charge is 2.41. The molecule has 0 radical (unpaired) electrons. The second kappa shape index (κ2) is 8.50. The smallest absolute Gasteiger partial charge is 0.416 e. The SMILES string of the molecule is C=C(C)C[C@H](C(=O)N1CCOC1=O)[C@@H](CC(C)C)C(=O)OC(C)(C)C. The molecule has 2 amide bonds. The third kappa shape index (κ3) is 6.52. The predicted molar refractivity (Wildman–Crippen MR) is 94.8 cm³/mol. The summed E-state index contributed by atoms with van der Waals surface area (Å²) in [5.74, 6) is -1.91. The summed E-state index contributed by atoms with van der Waals surface area (Å²) in [5.41, 5.74) is 0.138. The van der Waals surface area contributed by atoms with Gasteiger partial charge in [-0.1, -0.05) is 19.4 Å². The van der Waals surface area contributed by atoms with Crippen molar-refractivity contribution in [2.75, 3.05) is 13.2 Å². The van der Waals surface area contributed by atoms with Gasteiger partial charge in [-0.15, -0.1) is 6.58 Å². The summed E-state index contributed by atoms with van der Waals surface area (Å²) in [6, 6.07) is 0. The first-order valence-corrected chi connectivity index (χ1v) is 8.77. The van der Waals surface area contributed by atoms with Crippen molar-refractivity contribution < 1.29 is 23.9 Å². The number of hydrogen-bond donors (Lipinski definition) is 0. The van der Waals surface area contributed by atoms with Gasteiger partial charge in [-0.05, 0) is 46.5 Å². The fraction of sp³-hybridized carbons (Fsp3) is 0.737. The Balaban J connectivity index is 3.14. The summed E-state index contributed by atoms with van der Waals surface area (Å²) in [4.78, 5) is 38.6. The molecule has 1 saturated heterocycles. The van der Waals surface area contributed by atoms with Crippen molar-refractivity contribution >= 4 is 18.0 Å². The molecule has 0 aromatic heterocycles. The lowest BCUT2D eigenvalue weighted by molar-refractivity contribution is -0.165. The molecule has 0 spiro atoms. The fourth-order valence-electron chi connectivity index (χ4n) is 2.88. The van der Waals surface area contributed by atoms with E-state index in [-0.39, 0.29) is 25.0 Å². The molecule has 1 heterocycles. The maximum absolute atomic E-state index is 13.0. The molecule has 0 saturated carbocycles. The Kier molecular flexibility index (Phi) is 7.20. The zero-order valence-electron chi connectivity index (χ0n) is 16.3.